The van der Waals surface area contributed by atoms with E-state index in [1.54, 1.807) is 13.8 Å². The van der Waals surface area contributed by atoms with Crippen LogP contribution in [0.5, 0.6) is 0 Å². The maximum atomic E-state index is 14.3. The number of aliphatic hydroxyl groups is 2. The van der Waals surface area contributed by atoms with Crippen LogP contribution in [0.25, 0.3) is 0 Å². The number of benzene rings is 4. The quantitative estimate of drug-likeness (QED) is 0.0622. The fraction of sp³-hybridized carbons (Fsp3) is 0.404. The third-order valence-corrected chi connectivity index (χ3v) is 9.90. The number of ether oxygens (including phenoxy) is 2. The summed E-state index contributed by atoms with van der Waals surface area (Å²) >= 11 is 0. The van der Waals surface area contributed by atoms with Crippen LogP contribution in [0.15, 0.2) is 121 Å². The monoisotopic (exact) mass is 808 g/mol. The molecular formula is C47H60N4O8. The van der Waals surface area contributed by atoms with Crippen LogP contribution in [0.4, 0.5) is 9.59 Å². The lowest BCUT2D eigenvalue weighted by Gasteiger charge is -2.37. The third-order valence-electron chi connectivity index (χ3n) is 9.90. The Morgan fingerprint density at radius 2 is 0.983 bits per heavy atom. The van der Waals surface area contributed by atoms with Gasteiger partial charge in [-0.25, -0.2) is 9.59 Å². The number of hydrogen-bond donors (Lipinski definition) is 6. The van der Waals surface area contributed by atoms with Crippen molar-refractivity contribution in [3.63, 3.8) is 0 Å². The summed E-state index contributed by atoms with van der Waals surface area (Å²) in [4.78, 5) is 54.3. The smallest absolute Gasteiger partial charge is 0.408 e. The van der Waals surface area contributed by atoms with Gasteiger partial charge in [0.2, 0.25) is 11.8 Å². The van der Waals surface area contributed by atoms with E-state index >= 15 is 0 Å². The van der Waals surface area contributed by atoms with Gasteiger partial charge in [0.1, 0.15) is 25.3 Å². The zero-order chi connectivity index (χ0) is 42.8. The Labute approximate surface area is 348 Å². The van der Waals surface area contributed by atoms with E-state index in [0.717, 1.165) is 22.3 Å². The molecule has 0 bridgehead atoms. The van der Waals surface area contributed by atoms with Crippen molar-refractivity contribution >= 4 is 24.0 Å². The van der Waals surface area contributed by atoms with Gasteiger partial charge >= 0.3 is 12.2 Å². The van der Waals surface area contributed by atoms with Crippen LogP contribution in [0.3, 0.4) is 0 Å². The number of rotatable bonds is 20. The van der Waals surface area contributed by atoms with Crippen LogP contribution in [-0.2, 0) is 45.1 Å². The molecule has 0 aliphatic rings. The number of aliphatic hydroxyl groups excluding tert-OH is 2. The van der Waals surface area contributed by atoms with Gasteiger partial charge in [0.05, 0.1) is 18.8 Å². The van der Waals surface area contributed by atoms with Crippen molar-refractivity contribution in [2.45, 2.75) is 97.4 Å². The molecule has 59 heavy (non-hydrogen) atoms. The predicted octanol–water partition coefficient (Wildman–Crippen LogP) is 6.09. The van der Waals surface area contributed by atoms with E-state index in [-0.39, 0.29) is 43.8 Å². The van der Waals surface area contributed by atoms with Gasteiger partial charge < -0.3 is 41.0 Å². The first-order valence-electron chi connectivity index (χ1n) is 20.1. The second-order valence-electron chi connectivity index (χ2n) is 16.4. The van der Waals surface area contributed by atoms with Gasteiger partial charge in [-0.3, -0.25) is 9.59 Å². The second kappa shape index (κ2) is 23.0. The Bertz CT molecular complexity index is 1870. The highest BCUT2D eigenvalue weighted by atomic mass is 16.6. The molecule has 0 unspecified atom stereocenters. The Balaban J connectivity index is 1.59. The SMILES string of the molecule is CC(C)[C@H](NC(=O)OCc1ccccc1)C(=O)N[C@@H](Cc1ccccc1)[C@@H](O)[C@H](CO)[C@H](Cc1ccccc1)NC(=O)[C@H](CC(C)(C)C)NC(=O)OCc1ccccc1. The van der Waals surface area contributed by atoms with E-state index < -0.39 is 66.8 Å². The van der Waals surface area contributed by atoms with Crippen molar-refractivity contribution in [3.8, 4) is 0 Å². The number of amides is 4. The van der Waals surface area contributed by atoms with E-state index in [9.17, 15) is 29.4 Å². The largest absolute Gasteiger partial charge is 0.445 e. The number of carbonyl (C=O) groups is 4. The minimum atomic E-state index is -1.40. The number of carbonyl (C=O) groups excluding carboxylic acids is 4. The molecule has 0 spiro atoms. The van der Waals surface area contributed by atoms with Gasteiger partial charge in [-0.1, -0.05) is 156 Å². The van der Waals surface area contributed by atoms with Crippen LogP contribution in [0, 0.1) is 17.3 Å². The van der Waals surface area contributed by atoms with Crippen molar-refractivity contribution in [1.29, 1.82) is 0 Å². The van der Waals surface area contributed by atoms with Crippen LogP contribution < -0.4 is 21.3 Å². The van der Waals surface area contributed by atoms with Gasteiger partial charge in [0.25, 0.3) is 0 Å². The number of nitrogens with one attached hydrogen (secondary N) is 4. The molecule has 0 aromatic heterocycles. The van der Waals surface area contributed by atoms with Crippen LogP contribution in [-0.4, -0.2) is 71.1 Å². The van der Waals surface area contributed by atoms with Crippen LogP contribution in [0.2, 0.25) is 0 Å². The first-order chi connectivity index (χ1) is 28.2. The lowest BCUT2D eigenvalue weighted by atomic mass is 9.83. The molecule has 6 atom stereocenters. The molecule has 0 aliphatic carbocycles. The zero-order valence-electron chi connectivity index (χ0n) is 34.7. The van der Waals surface area contributed by atoms with Crippen molar-refractivity contribution in [3.05, 3.63) is 144 Å². The molecule has 4 rings (SSSR count). The fourth-order valence-electron chi connectivity index (χ4n) is 6.79. The first kappa shape index (κ1) is 46.0. The molecule has 316 valence electrons. The Morgan fingerprint density at radius 1 is 0.576 bits per heavy atom. The third kappa shape index (κ3) is 15.9. The normalized spacial score (nSPS) is 14.4. The van der Waals surface area contributed by atoms with Gasteiger partial charge in [-0.05, 0) is 52.8 Å². The van der Waals surface area contributed by atoms with Gasteiger partial charge in [0.15, 0.2) is 0 Å². The Hall–Kier alpha value is -5.72. The molecule has 0 saturated heterocycles. The first-order valence-corrected chi connectivity index (χ1v) is 20.1. The Morgan fingerprint density at radius 3 is 1.41 bits per heavy atom. The molecule has 0 aliphatic heterocycles. The highest BCUT2D eigenvalue weighted by Crippen LogP contribution is 2.24. The van der Waals surface area contributed by atoms with Crippen molar-refractivity contribution < 1.29 is 38.9 Å². The molecule has 6 N–H and O–H groups in total. The lowest BCUT2D eigenvalue weighted by Crippen LogP contribution is -2.60. The predicted molar refractivity (Wildman–Crippen MR) is 227 cm³/mol. The highest BCUT2D eigenvalue weighted by Gasteiger charge is 2.38. The van der Waals surface area contributed by atoms with E-state index in [2.05, 4.69) is 21.3 Å². The summed E-state index contributed by atoms with van der Waals surface area (Å²) in [5.41, 5.74) is 2.82. The molecule has 12 heteroatoms. The zero-order valence-corrected chi connectivity index (χ0v) is 34.7. The summed E-state index contributed by atoms with van der Waals surface area (Å²) in [7, 11) is 0. The van der Waals surface area contributed by atoms with Gasteiger partial charge in [0, 0.05) is 12.0 Å². The summed E-state index contributed by atoms with van der Waals surface area (Å²) in [6.07, 6.45) is -2.30. The average molecular weight is 809 g/mol. The standard InChI is InChI=1S/C47H60N4O8/c1-32(2)41(51-46(57)59-31-36-24-16-9-17-25-36)44(55)49-39(27-34-20-12-7-13-21-34)42(53)37(29-52)38(26-33-18-10-6-11-19-33)48-43(54)40(28-47(3,4)5)50-45(56)58-30-35-22-14-8-15-23-35/h6-25,32,37-42,52-53H,26-31H2,1-5H3,(H,48,54)(H,49,55)(H,50,56)(H,51,57)/t37-,38+,39+,40+,41+,42+/m1/s1. The maximum Gasteiger partial charge on any atom is 0.408 e. The molecule has 12 nitrogen and oxygen atoms in total. The molecule has 0 heterocycles. The van der Waals surface area contributed by atoms with Gasteiger partial charge in [-0.2, -0.15) is 0 Å². The summed E-state index contributed by atoms with van der Waals surface area (Å²) in [5, 5.41) is 34.7. The molecule has 0 fully saturated rings. The topological polar surface area (TPSA) is 175 Å². The van der Waals surface area contributed by atoms with Crippen molar-refractivity contribution in [2.75, 3.05) is 6.61 Å². The minimum absolute atomic E-state index is 0.0160. The molecule has 4 aromatic carbocycles. The summed E-state index contributed by atoms with van der Waals surface area (Å²) in [6.45, 7) is 8.89. The number of alkyl carbamates (subject to hydrolysis) is 2. The van der Waals surface area contributed by atoms with E-state index in [4.69, 9.17) is 9.47 Å². The van der Waals surface area contributed by atoms with Crippen LogP contribution >= 0.6 is 0 Å². The van der Waals surface area contributed by atoms with E-state index in [0.29, 0.717) is 0 Å². The lowest BCUT2D eigenvalue weighted by molar-refractivity contribution is -0.128. The van der Waals surface area contributed by atoms with Crippen LogP contribution in [0.1, 0.15) is 63.3 Å². The maximum absolute atomic E-state index is 14.3. The molecule has 0 radical (unpaired) electrons. The van der Waals surface area contributed by atoms with Gasteiger partial charge in [-0.15, -0.1) is 0 Å². The van der Waals surface area contributed by atoms with E-state index in [1.165, 1.54) is 0 Å². The molecule has 4 amide bonds. The number of hydrogen-bond acceptors (Lipinski definition) is 8. The molecule has 0 saturated carbocycles. The summed E-state index contributed by atoms with van der Waals surface area (Å²) in [6, 6.07) is 33.1. The summed E-state index contributed by atoms with van der Waals surface area (Å²) < 4.78 is 10.9. The van der Waals surface area contributed by atoms with Crippen molar-refractivity contribution in [2.24, 2.45) is 17.3 Å². The highest BCUT2D eigenvalue weighted by molar-refractivity contribution is 5.87. The summed E-state index contributed by atoms with van der Waals surface area (Å²) in [5.74, 6) is -2.45. The minimum Gasteiger partial charge on any atom is -0.445 e. The average Bonchev–Trinajstić information content (AvgIpc) is 3.21. The van der Waals surface area contributed by atoms with E-state index in [1.807, 2.05) is 142 Å². The van der Waals surface area contributed by atoms with Crippen molar-refractivity contribution in [1.82, 2.24) is 21.3 Å². The second-order valence-corrected chi connectivity index (χ2v) is 16.4. The fourth-order valence-corrected chi connectivity index (χ4v) is 6.79. The molecule has 4 aromatic rings. The Kier molecular flexibility index (Phi) is 17.9. The molecular weight excluding hydrogens is 749 g/mol.